The number of rotatable bonds is 12. The number of nitrogens with two attached hydrogens (primary N) is 1. The summed E-state index contributed by atoms with van der Waals surface area (Å²) in [6, 6.07) is 0. The van der Waals surface area contributed by atoms with Gasteiger partial charge in [0, 0.05) is 6.54 Å². The minimum absolute atomic E-state index is 0.219. The third-order valence-corrected chi connectivity index (χ3v) is 5.51. The van der Waals surface area contributed by atoms with E-state index in [-0.39, 0.29) is 5.60 Å². The maximum atomic E-state index is 6.24. The first-order valence-electron chi connectivity index (χ1n) is 8.88. The SMILES string of the molecule is NCCOCCOCCOCCOC12CC3CC(C1)C(C3)C2. The van der Waals surface area contributed by atoms with Crippen molar-refractivity contribution in [2.24, 2.45) is 23.5 Å². The van der Waals surface area contributed by atoms with Crippen molar-refractivity contribution in [2.45, 2.75) is 37.7 Å². The van der Waals surface area contributed by atoms with Crippen LogP contribution >= 0.6 is 0 Å². The smallest absolute Gasteiger partial charge is 0.0708 e. The van der Waals surface area contributed by atoms with Crippen LogP contribution in [0.3, 0.4) is 0 Å². The van der Waals surface area contributed by atoms with Gasteiger partial charge in [0.1, 0.15) is 0 Å². The molecule has 4 saturated carbocycles. The fraction of sp³-hybridized carbons (Fsp3) is 1.00. The predicted molar refractivity (Wildman–Crippen MR) is 83.7 cm³/mol. The molecule has 5 heteroatoms. The van der Waals surface area contributed by atoms with Crippen LogP contribution in [0, 0.1) is 17.8 Å². The van der Waals surface area contributed by atoms with Crippen molar-refractivity contribution >= 4 is 0 Å². The highest BCUT2D eigenvalue weighted by Gasteiger charge is 2.56. The fourth-order valence-corrected chi connectivity index (χ4v) is 4.85. The molecule has 5 nitrogen and oxygen atoms in total. The molecule has 0 saturated heterocycles. The Kier molecular flexibility index (Phi) is 6.10. The second kappa shape index (κ2) is 8.06. The number of hydrogen-bond donors (Lipinski definition) is 1. The van der Waals surface area contributed by atoms with Crippen molar-refractivity contribution in [3.8, 4) is 0 Å². The molecule has 0 radical (unpaired) electrons. The van der Waals surface area contributed by atoms with Gasteiger partial charge in [-0.1, -0.05) is 0 Å². The second-order valence-corrected chi connectivity index (χ2v) is 7.13. The molecule has 4 fully saturated rings. The van der Waals surface area contributed by atoms with Gasteiger partial charge in [-0.15, -0.1) is 0 Å². The van der Waals surface area contributed by atoms with Crippen molar-refractivity contribution in [1.82, 2.24) is 0 Å². The van der Waals surface area contributed by atoms with Gasteiger partial charge in [-0.3, -0.25) is 0 Å². The molecule has 0 aromatic heterocycles. The van der Waals surface area contributed by atoms with Crippen molar-refractivity contribution in [3.05, 3.63) is 0 Å². The maximum Gasteiger partial charge on any atom is 0.0708 e. The summed E-state index contributed by atoms with van der Waals surface area (Å²) < 4.78 is 22.5. The second-order valence-electron chi connectivity index (χ2n) is 7.13. The van der Waals surface area contributed by atoms with Crippen molar-refractivity contribution < 1.29 is 18.9 Å². The van der Waals surface area contributed by atoms with Crippen LogP contribution in [0.25, 0.3) is 0 Å². The summed E-state index contributed by atoms with van der Waals surface area (Å²) in [5, 5.41) is 0. The highest BCUT2D eigenvalue weighted by atomic mass is 16.6. The van der Waals surface area contributed by atoms with Crippen LogP contribution in [0.2, 0.25) is 0 Å². The van der Waals surface area contributed by atoms with E-state index in [0.717, 1.165) is 24.4 Å². The Balaban J connectivity index is 1.16. The first kappa shape index (κ1) is 16.7. The lowest BCUT2D eigenvalue weighted by Gasteiger charge is -2.38. The molecule has 2 unspecified atom stereocenters. The molecule has 0 heterocycles. The molecule has 0 spiro atoms. The van der Waals surface area contributed by atoms with E-state index in [1.165, 1.54) is 32.1 Å². The van der Waals surface area contributed by atoms with E-state index >= 15 is 0 Å². The van der Waals surface area contributed by atoms with Gasteiger partial charge in [0.2, 0.25) is 0 Å². The summed E-state index contributed by atoms with van der Waals surface area (Å²) in [7, 11) is 0. The van der Waals surface area contributed by atoms with Crippen LogP contribution in [-0.4, -0.2) is 58.4 Å². The molecular formula is C17H31NO4. The lowest BCUT2D eigenvalue weighted by Crippen LogP contribution is -2.37. The normalized spacial score (nSPS) is 35.6. The Bertz CT molecular complexity index is 319. The zero-order chi connectivity index (χ0) is 15.3. The lowest BCUT2D eigenvalue weighted by molar-refractivity contribution is -0.0980. The van der Waals surface area contributed by atoms with E-state index in [1.54, 1.807) is 0 Å². The van der Waals surface area contributed by atoms with Crippen LogP contribution in [0.1, 0.15) is 32.1 Å². The molecule has 22 heavy (non-hydrogen) atoms. The molecule has 0 aromatic carbocycles. The van der Waals surface area contributed by atoms with E-state index in [2.05, 4.69) is 0 Å². The molecule has 4 aliphatic carbocycles. The van der Waals surface area contributed by atoms with Gasteiger partial charge >= 0.3 is 0 Å². The van der Waals surface area contributed by atoms with Crippen molar-refractivity contribution in [1.29, 1.82) is 0 Å². The molecule has 128 valence electrons. The highest BCUT2D eigenvalue weighted by Crippen LogP contribution is 2.61. The first-order valence-corrected chi connectivity index (χ1v) is 8.88. The molecular weight excluding hydrogens is 282 g/mol. The molecule has 4 bridgehead atoms. The zero-order valence-corrected chi connectivity index (χ0v) is 13.6. The van der Waals surface area contributed by atoms with Gasteiger partial charge < -0.3 is 24.7 Å². The summed E-state index contributed by atoms with van der Waals surface area (Å²) in [4.78, 5) is 0. The van der Waals surface area contributed by atoms with E-state index in [1.807, 2.05) is 0 Å². The quantitative estimate of drug-likeness (QED) is 0.554. The van der Waals surface area contributed by atoms with E-state index in [4.69, 9.17) is 24.7 Å². The van der Waals surface area contributed by atoms with Gasteiger partial charge in [-0.25, -0.2) is 0 Å². The Hall–Kier alpha value is -0.200. The van der Waals surface area contributed by atoms with E-state index < -0.39 is 0 Å². The summed E-state index contributed by atoms with van der Waals surface area (Å²) in [5.41, 5.74) is 5.54. The Morgan fingerprint density at radius 2 is 1.27 bits per heavy atom. The summed E-state index contributed by atoms with van der Waals surface area (Å²) in [5.74, 6) is 2.89. The number of hydrogen-bond acceptors (Lipinski definition) is 5. The molecule has 4 rings (SSSR count). The lowest BCUT2D eigenvalue weighted by atomic mass is 9.78. The molecule has 0 amide bonds. The third-order valence-electron chi connectivity index (χ3n) is 5.51. The Morgan fingerprint density at radius 1 is 0.727 bits per heavy atom. The van der Waals surface area contributed by atoms with Gasteiger partial charge in [-0.05, 0) is 49.9 Å². The minimum Gasteiger partial charge on any atom is -0.378 e. The van der Waals surface area contributed by atoms with E-state index in [0.29, 0.717) is 46.2 Å². The topological polar surface area (TPSA) is 62.9 Å². The zero-order valence-electron chi connectivity index (χ0n) is 13.6. The van der Waals surface area contributed by atoms with Crippen LogP contribution in [0.15, 0.2) is 0 Å². The summed E-state index contributed by atoms with van der Waals surface area (Å²) >= 11 is 0. The van der Waals surface area contributed by atoms with E-state index in [9.17, 15) is 0 Å². The van der Waals surface area contributed by atoms with Crippen LogP contribution in [-0.2, 0) is 18.9 Å². The van der Waals surface area contributed by atoms with Gasteiger partial charge in [0.15, 0.2) is 0 Å². The van der Waals surface area contributed by atoms with Gasteiger partial charge in [0.25, 0.3) is 0 Å². The first-order chi connectivity index (χ1) is 10.8. The van der Waals surface area contributed by atoms with Crippen molar-refractivity contribution in [2.75, 3.05) is 52.8 Å². The van der Waals surface area contributed by atoms with Gasteiger partial charge in [0.05, 0.1) is 51.8 Å². The Morgan fingerprint density at radius 3 is 1.82 bits per heavy atom. The molecule has 2 N–H and O–H groups in total. The highest BCUT2D eigenvalue weighted by molar-refractivity contribution is 5.07. The molecule has 4 aliphatic rings. The molecule has 2 atom stereocenters. The number of ether oxygens (including phenoxy) is 4. The third kappa shape index (κ3) is 4.20. The maximum absolute atomic E-state index is 6.24. The monoisotopic (exact) mass is 313 g/mol. The summed E-state index contributed by atoms with van der Waals surface area (Å²) in [6.45, 7) is 5.01. The van der Waals surface area contributed by atoms with Crippen molar-refractivity contribution in [3.63, 3.8) is 0 Å². The summed E-state index contributed by atoms with van der Waals surface area (Å²) in [6.07, 6.45) is 6.85. The molecule has 0 aliphatic heterocycles. The average molecular weight is 313 g/mol. The molecule has 0 aromatic rings. The largest absolute Gasteiger partial charge is 0.378 e. The minimum atomic E-state index is 0.219. The van der Waals surface area contributed by atoms with Crippen LogP contribution in [0.4, 0.5) is 0 Å². The Labute approximate surface area is 133 Å². The van der Waals surface area contributed by atoms with Crippen LogP contribution < -0.4 is 5.73 Å². The average Bonchev–Trinajstić information content (AvgIpc) is 2.92. The van der Waals surface area contributed by atoms with Crippen LogP contribution in [0.5, 0.6) is 0 Å². The fourth-order valence-electron chi connectivity index (χ4n) is 4.85. The standard InChI is InChI=1S/C17H31NO4/c18-1-2-19-3-4-20-5-6-21-7-8-22-17-11-14-9-15(12-17)16(10-14)13-17/h14-16H,1-13,18H2. The predicted octanol–water partition coefficient (Wildman–Crippen LogP) is 1.59. The van der Waals surface area contributed by atoms with Gasteiger partial charge in [-0.2, -0.15) is 0 Å².